The van der Waals surface area contributed by atoms with Crippen LogP contribution >= 0.6 is 0 Å². The Morgan fingerprint density at radius 3 is 2.12 bits per heavy atom. The van der Waals surface area contributed by atoms with Gasteiger partial charge in [-0.05, 0) is 59.5 Å². The Morgan fingerprint density at radius 2 is 1.71 bits per heavy atom. The molecule has 0 aromatic carbocycles. The summed E-state index contributed by atoms with van der Waals surface area (Å²) in [7, 11) is 2.25. The molecule has 0 aromatic heterocycles. The zero-order chi connectivity index (χ0) is 13.4. The van der Waals surface area contributed by atoms with Crippen LogP contribution in [0, 0.1) is 5.92 Å². The third-order valence-electron chi connectivity index (χ3n) is 3.31. The summed E-state index contributed by atoms with van der Waals surface area (Å²) in [5.74, 6) is 0.766. The van der Waals surface area contributed by atoms with Gasteiger partial charge in [-0.25, -0.2) is 0 Å². The Hall–Kier alpha value is -0.120. The van der Waals surface area contributed by atoms with Crippen LogP contribution in [0.1, 0.15) is 53.9 Å². The van der Waals surface area contributed by atoms with Crippen LogP contribution in [0.25, 0.3) is 0 Å². The Labute approximate surface area is 108 Å². The summed E-state index contributed by atoms with van der Waals surface area (Å²) in [6, 6.07) is 1.32. The zero-order valence-electron chi connectivity index (χ0n) is 12.7. The van der Waals surface area contributed by atoms with Crippen LogP contribution in [0.5, 0.6) is 0 Å². The van der Waals surface area contributed by atoms with Crippen molar-refractivity contribution in [2.75, 3.05) is 13.6 Å². The second kappa shape index (κ2) is 8.90. The maximum atomic E-state index is 5.68. The van der Waals surface area contributed by atoms with Crippen LogP contribution in [0.2, 0.25) is 0 Å². The summed E-state index contributed by atoms with van der Waals surface area (Å²) in [5.41, 5.74) is 5.68. The number of rotatable bonds is 9. The highest BCUT2D eigenvalue weighted by Gasteiger charge is 2.17. The van der Waals surface area contributed by atoms with Crippen molar-refractivity contribution in [3.8, 4) is 0 Å². The predicted molar refractivity (Wildman–Crippen MR) is 77.0 cm³/mol. The van der Waals surface area contributed by atoms with E-state index in [2.05, 4.69) is 45.0 Å². The van der Waals surface area contributed by atoms with E-state index in [0.717, 1.165) is 12.5 Å². The first-order valence-corrected chi connectivity index (χ1v) is 7.05. The lowest BCUT2D eigenvalue weighted by molar-refractivity contribution is 0.161. The highest BCUT2D eigenvalue weighted by molar-refractivity contribution is 4.73. The molecule has 3 nitrogen and oxygen atoms in total. The molecule has 0 aromatic rings. The number of nitrogens with two attached hydrogens (primary N) is 1. The third-order valence-corrected chi connectivity index (χ3v) is 3.31. The Bertz CT molecular complexity index is 178. The van der Waals surface area contributed by atoms with Crippen molar-refractivity contribution in [1.82, 2.24) is 10.2 Å². The molecule has 1 unspecified atom stereocenters. The molecule has 0 radical (unpaired) electrons. The lowest BCUT2D eigenvalue weighted by Crippen LogP contribution is -2.39. The average Bonchev–Trinajstić information content (AvgIpc) is 2.20. The summed E-state index contributed by atoms with van der Waals surface area (Å²) >= 11 is 0. The first-order chi connectivity index (χ1) is 7.84. The van der Waals surface area contributed by atoms with Gasteiger partial charge in [0.2, 0.25) is 0 Å². The van der Waals surface area contributed by atoms with E-state index in [1.54, 1.807) is 0 Å². The minimum Gasteiger partial charge on any atom is -0.316 e. The number of nitrogens with one attached hydrogen (secondary N) is 1. The normalized spacial score (nSPS) is 15.9. The van der Waals surface area contributed by atoms with Gasteiger partial charge in [0, 0.05) is 12.1 Å². The van der Waals surface area contributed by atoms with Gasteiger partial charge in [-0.3, -0.25) is 0 Å². The van der Waals surface area contributed by atoms with Gasteiger partial charge in [0.25, 0.3) is 0 Å². The average molecular weight is 243 g/mol. The molecule has 0 heterocycles. The molecule has 0 rings (SSSR count). The topological polar surface area (TPSA) is 41.3 Å². The van der Waals surface area contributed by atoms with Gasteiger partial charge in [-0.1, -0.05) is 13.8 Å². The lowest BCUT2D eigenvalue weighted by Gasteiger charge is -2.32. The van der Waals surface area contributed by atoms with Crippen LogP contribution < -0.4 is 11.1 Å². The molecule has 0 saturated carbocycles. The fourth-order valence-corrected chi connectivity index (χ4v) is 2.12. The molecule has 0 aliphatic rings. The molecule has 0 aliphatic carbocycles. The first kappa shape index (κ1) is 16.9. The Balaban J connectivity index is 4.02. The zero-order valence-corrected chi connectivity index (χ0v) is 12.7. The van der Waals surface area contributed by atoms with E-state index >= 15 is 0 Å². The monoisotopic (exact) mass is 243 g/mol. The predicted octanol–water partition coefficient (Wildman–Crippen LogP) is 2.42. The molecule has 0 aliphatic heterocycles. The van der Waals surface area contributed by atoms with Crippen molar-refractivity contribution >= 4 is 0 Å². The standard InChI is InChI=1S/C14H33N3/c1-11(2)10-14(17(6)12(3)4)8-7-9-16-13(5)15/h11-14,16H,7-10,15H2,1-6H3/t13?,14-/m0/s1. The van der Waals surface area contributed by atoms with Crippen LogP contribution in [0.4, 0.5) is 0 Å². The fraction of sp³-hybridized carbons (Fsp3) is 1.00. The number of hydrogen-bond acceptors (Lipinski definition) is 3. The minimum absolute atomic E-state index is 0.112. The van der Waals surface area contributed by atoms with E-state index in [4.69, 9.17) is 5.73 Å². The van der Waals surface area contributed by atoms with Crippen molar-refractivity contribution in [3.05, 3.63) is 0 Å². The van der Waals surface area contributed by atoms with Crippen LogP contribution in [-0.2, 0) is 0 Å². The quantitative estimate of drug-likeness (QED) is 0.483. The van der Waals surface area contributed by atoms with E-state index in [0.29, 0.717) is 12.1 Å². The van der Waals surface area contributed by atoms with Crippen molar-refractivity contribution in [2.24, 2.45) is 11.7 Å². The molecule has 2 atom stereocenters. The molecular weight excluding hydrogens is 210 g/mol. The summed E-state index contributed by atoms with van der Waals surface area (Å²) in [5, 5.41) is 3.28. The maximum Gasteiger partial charge on any atom is 0.0517 e. The van der Waals surface area contributed by atoms with E-state index in [9.17, 15) is 0 Å². The van der Waals surface area contributed by atoms with E-state index in [1.807, 2.05) is 6.92 Å². The second-order valence-corrected chi connectivity index (χ2v) is 5.93. The van der Waals surface area contributed by atoms with Gasteiger partial charge in [0.05, 0.1) is 6.17 Å². The van der Waals surface area contributed by atoms with Gasteiger partial charge in [0.1, 0.15) is 0 Å². The SMILES string of the molecule is CC(C)C[C@H](CCCNC(C)N)N(C)C(C)C. The van der Waals surface area contributed by atoms with E-state index in [-0.39, 0.29) is 6.17 Å². The van der Waals surface area contributed by atoms with E-state index in [1.165, 1.54) is 19.3 Å². The molecular formula is C14H33N3. The lowest BCUT2D eigenvalue weighted by atomic mass is 9.97. The molecule has 104 valence electrons. The maximum absolute atomic E-state index is 5.68. The van der Waals surface area contributed by atoms with Crippen LogP contribution in [-0.4, -0.2) is 36.7 Å². The molecule has 3 heteroatoms. The van der Waals surface area contributed by atoms with Gasteiger partial charge in [-0.15, -0.1) is 0 Å². The highest BCUT2D eigenvalue weighted by Crippen LogP contribution is 2.17. The van der Waals surface area contributed by atoms with Gasteiger partial charge < -0.3 is 16.0 Å². The molecule has 0 fully saturated rings. The molecule has 0 bridgehead atoms. The smallest absolute Gasteiger partial charge is 0.0517 e. The third kappa shape index (κ3) is 8.58. The minimum atomic E-state index is 0.112. The number of nitrogens with zero attached hydrogens (tertiary/aromatic N) is 1. The highest BCUT2D eigenvalue weighted by atomic mass is 15.1. The van der Waals surface area contributed by atoms with Crippen molar-refractivity contribution < 1.29 is 0 Å². The van der Waals surface area contributed by atoms with Crippen molar-refractivity contribution in [3.63, 3.8) is 0 Å². The second-order valence-electron chi connectivity index (χ2n) is 5.93. The summed E-state index contributed by atoms with van der Waals surface area (Å²) in [4.78, 5) is 2.51. The Kier molecular flexibility index (Phi) is 8.83. The Morgan fingerprint density at radius 1 is 1.12 bits per heavy atom. The molecule has 17 heavy (non-hydrogen) atoms. The van der Waals surface area contributed by atoms with Crippen molar-refractivity contribution in [2.45, 2.75) is 72.1 Å². The van der Waals surface area contributed by atoms with E-state index < -0.39 is 0 Å². The number of hydrogen-bond donors (Lipinski definition) is 2. The molecule has 3 N–H and O–H groups in total. The first-order valence-electron chi connectivity index (χ1n) is 7.05. The summed E-state index contributed by atoms with van der Waals surface area (Å²) in [6.45, 7) is 12.2. The van der Waals surface area contributed by atoms with Crippen molar-refractivity contribution in [1.29, 1.82) is 0 Å². The largest absolute Gasteiger partial charge is 0.316 e. The fourth-order valence-electron chi connectivity index (χ4n) is 2.12. The summed E-state index contributed by atoms with van der Waals surface area (Å²) in [6.07, 6.45) is 3.86. The van der Waals surface area contributed by atoms with Gasteiger partial charge in [0.15, 0.2) is 0 Å². The summed E-state index contributed by atoms with van der Waals surface area (Å²) < 4.78 is 0. The van der Waals surface area contributed by atoms with Gasteiger partial charge >= 0.3 is 0 Å². The molecule has 0 saturated heterocycles. The molecule has 0 spiro atoms. The van der Waals surface area contributed by atoms with Gasteiger partial charge in [-0.2, -0.15) is 0 Å². The molecule has 0 amide bonds. The van der Waals surface area contributed by atoms with Crippen LogP contribution in [0.3, 0.4) is 0 Å². The van der Waals surface area contributed by atoms with Crippen LogP contribution in [0.15, 0.2) is 0 Å².